The van der Waals surface area contributed by atoms with Crippen molar-refractivity contribution in [1.82, 2.24) is 0 Å². The van der Waals surface area contributed by atoms with Crippen LogP contribution >= 0.6 is 10.7 Å². The van der Waals surface area contributed by atoms with Crippen molar-refractivity contribution in [2.24, 2.45) is 0 Å². The first kappa shape index (κ1) is 12.7. The van der Waals surface area contributed by atoms with Crippen LogP contribution in [0.5, 0.6) is 0 Å². The monoisotopic (exact) mass is 260 g/mol. The molecule has 0 aliphatic heterocycles. The molecule has 0 amide bonds. The second-order valence-electron chi connectivity index (χ2n) is 3.14. The van der Waals surface area contributed by atoms with Crippen molar-refractivity contribution in [2.75, 3.05) is 0 Å². The zero-order valence-corrected chi connectivity index (χ0v) is 9.92. The van der Waals surface area contributed by atoms with Gasteiger partial charge in [0.2, 0.25) is 0 Å². The molecule has 0 aromatic heterocycles. The van der Waals surface area contributed by atoms with Gasteiger partial charge in [-0.15, -0.1) is 0 Å². The Bertz CT molecular complexity index is 546. The second kappa shape index (κ2) is 4.67. The predicted molar refractivity (Wildman–Crippen MR) is 60.8 cm³/mol. The van der Waals surface area contributed by atoms with Crippen molar-refractivity contribution in [3.8, 4) is 0 Å². The van der Waals surface area contributed by atoms with Gasteiger partial charge in [0.15, 0.2) is 0 Å². The number of rotatable bonds is 3. The van der Waals surface area contributed by atoms with E-state index in [0.717, 1.165) is 0 Å². The Balaban J connectivity index is 3.20. The molecule has 1 aromatic rings. The molecule has 16 heavy (non-hydrogen) atoms. The summed E-state index contributed by atoms with van der Waals surface area (Å²) < 4.78 is 22.1. The van der Waals surface area contributed by atoms with E-state index in [2.05, 4.69) is 0 Å². The largest absolute Gasteiger partial charge is 0.478 e. The van der Waals surface area contributed by atoms with Crippen LogP contribution in [-0.4, -0.2) is 19.5 Å². The maximum absolute atomic E-state index is 11.0. The Labute approximate surface area is 97.6 Å². The fraction of sp³-hybridized carbons (Fsp3) is 0.100. The van der Waals surface area contributed by atoms with Crippen molar-refractivity contribution in [3.63, 3.8) is 0 Å². The first-order valence-electron chi connectivity index (χ1n) is 4.27. The van der Waals surface area contributed by atoms with E-state index < -0.39 is 15.0 Å². The maximum atomic E-state index is 11.0. The van der Waals surface area contributed by atoms with Gasteiger partial charge in [0, 0.05) is 16.3 Å². The lowest BCUT2D eigenvalue weighted by molar-refractivity contribution is -0.132. The van der Waals surface area contributed by atoms with Gasteiger partial charge in [-0.1, -0.05) is 12.1 Å². The third-order valence-electron chi connectivity index (χ3n) is 1.86. The van der Waals surface area contributed by atoms with E-state index in [1.54, 1.807) is 6.07 Å². The Hall–Kier alpha value is -1.33. The van der Waals surface area contributed by atoms with E-state index in [0.29, 0.717) is 5.56 Å². The van der Waals surface area contributed by atoms with Crippen molar-refractivity contribution >= 4 is 31.8 Å². The molecule has 0 aliphatic carbocycles. The van der Waals surface area contributed by atoms with E-state index in [9.17, 15) is 13.2 Å². The van der Waals surface area contributed by atoms with Crippen LogP contribution in [0.15, 0.2) is 34.7 Å². The number of hydrogen-bond donors (Lipinski definition) is 1. The van der Waals surface area contributed by atoms with Crippen LogP contribution in [0.4, 0.5) is 0 Å². The van der Waals surface area contributed by atoms with Crippen molar-refractivity contribution in [2.45, 2.75) is 11.8 Å². The van der Waals surface area contributed by atoms with E-state index in [4.69, 9.17) is 15.8 Å². The van der Waals surface area contributed by atoms with Gasteiger partial charge >= 0.3 is 5.97 Å². The van der Waals surface area contributed by atoms with Crippen LogP contribution in [0.25, 0.3) is 6.08 Å². The highest BCUT2D eigenvalue weighted by Gasteiger charge is 2.09. The quantitative estimate of drug-likeness (QED) is 0.667. The minimum atomic E-state index is -3.79. The predicted octanol–water partition coefficient (Wildman–Crippen LogP) is 2.10. The zero-order valence-electron chi connectivity index (χ0n) is 8.34. The van der Waals surface area contributed by atoms with Crippen LogP contribution in [-0.2, 0) is 13.8 Å². The third kappa shape index (κ3) is 3.36. The smallest absolute Gasteiger partial charge is 0.331 e. The van der Waals surface area contributed by atoms with Crippen molar-refractivity contribution in [3.05, 3.63) is 35.4 Å². The molecule has 0 fully saturated rings. The zero-order chi connectivity index (χ0) is 12.3. The van der Waals surface area contributed by atoms with Gasteiger partial charge in [0.05, 0.1) is 4.90 Å². The molecule has 0 radical (unpaired) electrons. The normalized spacial score (nSPS) is 12.5. The van der Waals surface area contributed by atoms with Gasteiger partial charge in [-0.2, -0.15) is 0 Å². The number of carbonyl (C=O) groups is 1. The SMILES string of the molecule is C/C(=C\c1cccc(S(=O)(=O)Cl)c1)C(=O)O. The van der Waals surface area contributed by atoms with E-state index in [-0.39, 0.29) is 10.5 Å². The summed E-state index contributed by atoms with van der Waals surface area (Å²) >= 11 is 0. The molecule has 1 aromatic carbocycles. The van der Waals surface area contributed by atoms with Crippen LogP contribution in [0, 0.1) is 0 Å². The second-order valence-corrected chi connectivity index (χ2v) is 5.71. The van der Waals surface area contributed by atoms with Crippen molar-refractivity contribution in [1.29, 1.82) is 0 Å². The number of benzene rings is 1. The molecule has 0 saturated heterocycles. The highest BCUT2D eigenvalue weighted by Crippen LogP contribution is 2.17. The molecule has 0 heterocycles. The van der Waals surface area contributed by atoms with Crippen LogP contribution in [0.1, 0.15) is 12.5 Å². The minimum Gasteiger partial charge on any atom is -0.478 e. The molecule has 0 unspecified atom stereocenters. The summed E-state index contributed by atoms with van der Waals surface area (Å²) in [5, 5.41) is 8.66. The average Bonchev–Trinajstić information content (AvgIpc) is 2.16. The Morgan fingerprint density at radius 3 is 2.56 bits per heavy atom. The summed E-state index contributed by atoms with van der Waals surface area (Å²) in [6.07, 6.45) is 1.37. The summed E-state index contributed by atoms with van der Waals surface area (Å²) in [5.74, 6) is -1.06. The average molecular weight is 261 g/mol. The van der Waals surface area contributed by atoms with Gasteiger partial charge in [0.25, 0.3) is 9.05 Å². The van der Waals surface area contributed by atoms with E-state index in [1.807, 2.05) is 0 Å². The standard InChI is InChI=1S/C10H9ClO4S/c1-7(10(12)13)5-8-3-2-4-9(6-8)16(11,14)15/h2-6H,1H3,(H,12,13)/b7-5+. The fourth-order valence-electron chi connectivity index (χ4n) is 1.07. The molecule has 0 spiro atoms. The maximum Gasteiger partial charge on any atom is 0.331 e. The molecule has 6 heteroatoms. The van der Waals surface area contributed by atoms with Gasteiger partial charge in [-0.25, -0.2) is 13.2 Å². The molecule has 0 atom stereocenters. The molecule has 1 N–H and O–H groups in total. The summed E-state index contributed by atoms with van der Waals surface area (Å²) in [7, 11) is 1.38. The number of halogens is 1. The van der Waals surface area contributed by atoms with Crippen LogP contribution in [0.2, 0.25) is 0 Å². The van der Waals surface area contributed by atoms with Gasteiger partial charge in [-0.05, 0) is 30.7 Å². The topological polar surface area (TPSA) is 71.4 Å². The number of hydrogen-bond acceptors (Lipinski definition) is 3. The highest BCUT2D eigenvalue weighted by molar-refractivity contribution is 8.13. The highest BCUT2D eigenvalue weighted by atomic mass is 35.7. The molecule has 4 nitrogen and oxygen atoms in total. The minimum absolute atomic E-state index is 0.0545. The number of carboxylic acid groups (broad SMARTS) is 1. The van der Waals surface area contributed by atoms with Gasteiger partial charge in [-0.3, -0.25) is 0 Å². The molecule has 0 saturated carbocycles. The number of aliphatic carboxylic acids is 1. The third-order valence-corrected chi connectivity index (χ3v) is 3.21. The number of carboxylic acids is 1. The lowest BCUT2D eigenvalue weighted by atomic mass is 10.1. The lowest BCUT2D eigenvalue weighted by Crippen LogP contribution is -1.96. The Morgan fingerprint density at radius 2 is 2.06 bits per heavy atom. The van der Waals surface area contributed by atoms with E-state index >= 15 is 0 Å². The summed E-state index contributed by atoms with van der Waals surface area (Å²) in [5.41, 5.74) is 0.589. The van der Waals surface area contributed by atoms with Gasteiger partial charge < -0.3 is 5.11 Å². The molecule has 0 bridgehead atoms. The van der Waals surface area contributed by atoms with E-state index in [1.165, 1.54) is 31.2 Å². The van der Waals surface area contributed by atoms with Crippen LogP contribution < -0.4 is 0 Å². The molecule has 1 rings (SSSR count). The van der Waals surface area contributed by atoms with Crippen LogP contribution in [0.3, 0.4) is 0 Å². The fourth-order valence-corrected chi connectivity index (χ4v) is 1.87. The summed E-state index contributed by atoms with van der Waals surface area (Å²) in [6.45, 7) is 1.42. The first-order chi connectivity index (χ1) is 7.30. The summed E-state index contributed by atoms with van der Waals surface area (Å²) in [4.78, 5) is 10.5. The lowest BCUT2D eigenvalue weighted by Gasteiger charge is -1.99. The molecule has 0 aliphatic rings. The molecular weight excluding hydrogens is 252 g/mol. The molecular formula is C10H9ClO4S. The Morgan fingerprint density at radius 1 is 1.44 bits per heavy atom. The van der Waals surface area contributed by atoms with Gasteiger partial charge in [0.1, 0.15) is 0 Å². The first-order valence-corrected chi connectivity index (χ1v) is 6.58. The summed E-state index contributed by atoms with van der Waals surface area (Å²) in [6, 6.07) is 5.75. The molecule has 86 valence electrons. The van der Waals surface area contributed by atoms with Crippen molar-refractivity contribution < 1.29 is 18.3 Å². The Kier molecular flexibility index (Phi) is 3.72.